The number of hydrogen-bond acceptors (Lipinski definition) is 8. The van der Waals surface area contributed by atoms with Crippen LogP contribution in [-0.4, -0.2) is 67.9 Å². The standard InChI is InChI=1S/C33H31F2N5O5S/c1-19-26(18-38-31(44-2)29(19)33(35)17-24(34)8-10-28(33)46(37,42)43)22-7-9-27-23(15-22)16-25(30(36)39-27)20-3-5-21(6-4-20)32(41)40-11-13-45-14-12-40/h3-10,15-18,28H,11-14H2,1-2H3,(H2,36,39)(H2,37,42,43). The van der Waals surface area contributed by atoms with Gasteiger partial charge in [0, 0.05) is 41.4 Å². The number of morpholine rings is 1. The molecular formula is C33H31F2N5O5S. The van der Waals surface area contributed by atoms with Gasteiger partial charge in [0.25, 0.3) is 5.91 Å². The summed E-state index contributed by atoms with van der Waals surface area (Å²) < 4.78 is 66.8. The van der Waals surface area contributed by atoms with Gasteiger partial charge in [-0.1, -0.05) is 24.3 Å². The maximum absolute atomic E-state index is 16.8. The lowest BCUT2D eigenvalue weighted by atomic mass is 9.84. The first kappa shape index (κ1) is 31.3. The molecule has 6 rings (SSSR count). The Balaban J connectivity index is 1.41. The summed E-state index contributed by atoms with van der Waals surface area (Å²) in [4.78, 5) is 23.5. The third-order valence-corrected chi connectivity index (χ3v) is 9.53. The number of nitrogen functional groups attached to an aromatic ring is 1. The van der Waals surface area contributed by atoms with E-state index >= 15 is 4.39 Å². The second-order valence-electron chi connectivity index (χ2n) is 11.2. The molecule has 238 valence electrons. The summed E-state index contributed by atoms with van der Waals surface area (Å²) in [5.41, 5.74) is 7.09. The van der Waals surface area contributed by atoms with E-state index in [-0.39, 0.29) is 22.9 Å². The van der Waals surface area contributed by atoms with Gasteiger partial charge in [0.05, 0.1) is 31.4 Å². The zero-order valence-corrected chi connectivity index (χ0v) is 25.9. The van der Waals surface area contributed by atoms with Crippen LogP contribution in [0.1, 0.15) is 21.5 Å². The van der Waals surface area contributed by atoms with Crippen LogP contribution >= 0.6 is 0 Å². The zero-order valence-electron chi connectivity index (χ0n) is 25.0. The molecule has 4 aromatic rings. The van der Waals surface area contributed by atoms with Crippen molar-refractivity contribution in [2.75, 3.05) is 39.1 Å². The summed E-state index contributed by atoms with van der Waals surface area (Å²) >= 11 is 0. The molecule has 2 atom stereocenters. The minimum absolute atomic E-state index is 0.0696. The number of hydrogen-bond donors (Lipinski definition) is 2. The van der Waals surface area contributed by atoms with Crippen LogP contribution in [0.3, 0.4) is 0 Å². The lowest BCUT2D eigenvalue weighted by Crippen LogP contribution is -2.44. The summed E-state index contributed by atoms with van der Waals surface area (Å²) in [6.07, 6.45) is 3.80. The second-order valence-corrected chi connectivity index (χ2v) is 12.8. The van der Waals surface area contributed by atoms with Gasteiger partial charge in [-0.2, -0.15) is 0 Å². The van der Waals surface area contributed by atoms with E-state index in [2.05, 4.69) is 9.97 Å². The number of rotatable bonds is 6. The van der Waals surface area contributed by atoms with E-state index in [4.69, 9.17) is 20.3 Å². The number of benzene rings is 2. The van der Waals surface area contributed by atoms with Gasteiger partial charge in [-0.25, -0.2) is 32.3 Å². The van der Waals surface area contributed by atoms with Gasteiger partial charge >= 0.3 is 0 Å². The lowest BCUT2D eigenvalue weighted by molar-refractivity contribution is 0.0303. The SMILES string of the molecule is COc1ncc(-c2ccc3nc(N)c(-c4ccc(C(=O)N5CCOCC5)cc4)cc3c2)c(C)c1C1(F)C=C(F)C=CC1S(N)(=O)=O. The van der Waals surface area contributed by atoms with Gasteiger partial charge < -0.3 is 20.1 Å². The highest BCUT2D eigenvalue weighted by atomic mass is 32.2. The molecule has 0 saturated carbocycles. The van der Waals surface area contributed by atoms with Gasteiger partial charge in [-0.3, -0.25) is 4.79 Å². The predicted molar refractivity (Wildman–Crippen MR) is 171 cm³/mol. The average molecular weight is 648 g/mol. The third-order valence-electron chi connectivity index (χ3n) is 8.32. The van der Waals surface area contributed by atoms with E-state index in [0.29, 0.717) is 71.4 Å². The summed E-state index contributed by atoms with van der Waals surface area (Å²) in [6.45, 7) is 3.68. The molecule has 0 radical (unpaired) electrons. The monoisotopic (exact) mass is 647 g/mol. The number of carbonyl (C=O) groups excluding carboxylic acids is 1. The molecule has 3 heterocycles. The van der Waals surface area contributed by atoms with Crippen molar-refractivity contribution in [3.05, 3.63) is 95.5 Å². The molecule has 0 spiro atoms. The maximum atomic E-state index is 16.8. The molecule has 1 amide bonds. The van der Waals surface area contributed by atoms with Crippen LogP contribution in [0.5, 0.6) is 5.88 Å². The number of sulfonamides is 1. The molecule has 2 aromatic heterocycles. The Bertz CT molecular complexity index is 2030. The van der Waals surface area contributed by atoms with Crippen molar-refractivity contribution in [3.8, 4) is 28.1 Å². The second kappa shape index (κ2) is 11.9. The lowest BCUT2D eigenvalue weighted by Gasteiger charge is -2.32. The minimum atomic E-state index is -4.50. The number of aromatic nitrogens is 2. The number of pyridine rings is 2. The fraction of sp³-hybridized carbons (Fsp3) is 0.242. The number of anilines is 1. The van der Waals surface area contributed by atoms with E-state index in [1.54, 1.807) is 36.1 Å². The van der Waals surface area contributed by atoms with Crippen molar-refractivity contribution >= 4 is 32.7 Å². The molecule has 1 aliphatic carbocycles. The largest absolute Gasteiger partial charge is 0.481 e. The molecule has 2 aromatic carbocycles. The van der Waals surface area contributed by atoms with Crippen molar-refractivity contribution < 1.29 is 31.5 Å². The maximum Gasteiger partial charge on any atom is 0.254 e. The first-order valence-electron chi connectivity index (χ1n) is 14.4. The number of carbonyl (C=O) groups is 1. The Labute approximate surface area is 264 Å². The van der Waals surface area contributed by atoms with Gasteiger partial charge in [-0.05, 0) is 66.1 Å². The van der Waals surface area contributed by atoms with Gasteiger partial charge in [0.1, 0.15) is 16.9 Å². The van der Waals surface area contributed by atoms with E-state index in [1.807, 2.05) is 24.3 Å². The fourth-order valence-electron chi connectivity index (χ4n) is 6.02. The molecule has 2 aliphatic rings. The molecule has 4 N–H and O–H groups in total. The van der Waals surface area contributed by atoms with Crippen molar-refractivity contribution in [1.82, 2.24) is 14.9 Å². The van der Waals surface area contributed by atoms with E-state index in [9.17, 15) is 17.6 Å². The number of alkyl halides is 1. The molecule has 10 nitrogen and oxygen atoms in total. The molecule has 13 heteroatoms. The zero-order chi connectivity index (χ0) is 32.8. The molecular weight excluding hydrogens is 616 g/mol. The van der Waals surface area contributed by atoms with E-state index in [1.165, 1.54) is 13.3 Å². The molecule has 1 aliphatic heterocycles. The Hall–Kier alpha value is -4.72. The van der Waals surface area contributed by atoms with Crippen molar-refractivity contribution in [1.29, 1.82) is 0 Å². The van der Waals surface area contributed by atoms with E-state index in [0.717, 1.165) is 17.7 Å². The number of amides is 1. The predicted octanol–water partition coefficient (Wildman–Crippen LogP) is 4.58. The highest BCUT2D eigenvalue weighted by Gasteiger charge is 2.49. The number of halogens is 2. The summed E-state index contributed by atoms with van der Waals surface area (Å²) in [5.74, 6) is -0.941. The van der Waals surface area contributed by atoms with Gasteiger partial charge in [0.15, 0.2) is 5.67 Å². The molecule has 1 fully saturated rings. The number of methoxy groups -OCH3 is 1. The number of nitrogens with zero attached hydrogens (tertiary/aromatic N) is 3. The highest BCUT2D eigenvalue weighted by molar-refractivity contribution is 7.90. The van der Waals surface area contributed by atoms with Crippen molar-refractivity contribution in [2.24, 2.45) is 5.14 Å². The quantitative estimate of drug-likeness (QED) is 0.309. The molecule has 0 bridgehead atoms. The number of allylic oxidation sites excluding steroid dienone is 3. The number of nitrogens with two attached hydrogens (primary N) is 2. The van der Waals surface area contributed by atoms with E-state index < -0.39 is 26.8 Å². The first-order chi connectivity index (χ1) is 21.9. The van der Waals surface area contributed by atoms with Crippen LogP contribution in [0, 0.1) is 6.92 Å². The minimum Gasteiger partial charge on any atom is -0.481 e. The summed E-state index contributed by atoms with van der Waals surface area (Å²) in [5, 5.41) is 4.17. The number of ether oxygens (including phenoxy) is 2. The third kappa shape index (κ3) is 5.61. The van der Waals surface area contributed by atoms with Crippen LogP contribution in [0.15, 0.2) is 78.8 Å². The highest BCUT2D eigenvalue weighted by Crippen LogP contribution is 2.46. The Morgan fingerprint density at radius 3 is 2.46 bits per heavy atom. The molecule has 1 saturated heterocycles. The van der Waals surface area contributed by atoms with Crippen LogP contribution in [-0.2, 0) is 20.4 Å². The van der Waals surface area contributed by atoms with Crippen LogP contribution in [0.25, 0.3) is 33.2 Å². The van der Waals surface area contributed by atoms with Crippen LogP contribution < -0.4 is 15.6 Å². The normalized spacial score (nSPS) is 20.1. The van der Waals surface area contributed by atoms with Gasteiger partial charge in [-0.15, -0.1) is 0 Å². The number of primary sulfonamides is 1. The summed E-state index contributed by atoms with van der Waals surface area (Å²) in [7, 11) is -3.24. The molecule has 2 unspecified atom stereocenters. The fourth-order valence-corrected chi connectivity index (χ4v) is 6.98. The van der Waals surface area contributed by atoms with Gasteiger partial charge in [0.2, 0.25) is 15.9 Å². The number of fused-ring (bicyclic) bond motifs is 1. The Morgan fingerprint density at radius 2 is 1.78 bits per heavy atom. The molecule has 46 heavy (non-hydrogen) atoms. The van der Waals surface area contributed by atoms with Crippen molar-refractivity contribution in [3.63, 3.8) is 0 Å². The Kier molecular flexibility index (Phi) is 8.09. The summed E-state index contributed by atoms with van der Waals surface area (Å²) in [6, 6.07) is 14.3. The Morgan fingerprint density at radius 1 is 1.09 bits per heavy atom. The van der Waals surface area contributed by atoms with Crippen molar-refractivity contribution in [2.45, 2.75) is 17.8 Å². The van der Waals surface area contributed by atoms with Crippen LogP contribution in [0.2, 0.25) is 0 Å². The van der Waals surface area contributed by atoms with Crippen LogP contribution in [0.4, 0.5) is 14.6 Å². The first-order valence-corrected chi connectivity index (χ1v) is 16.0. The average Bonchev–Trinajstić information content (AvgIpc) is 3.03. The smallest absolute Gasteiger partial charge is 0.254 e. The topological polar surface area (TPSA) is 151 Å².